The van der Waals surface area contributed by atoms with Crippen LogP contribution < -0.4 is 10.1 Å². The van der Waals surface area contributed by atoms with E-state index < -0.39 is 0 Å². The molecule has 0 atom stereocenters. The van der Waals surface area contributed by atoms with Gasteiger partial charge in [-0.25, -0.2) is 4.39 Å². The van der Waals surface area contributed by atoms with Crippen LogP contribution >= 0.6 is 0 Å². The third-order valence-corrected chi connectivity index (χ3v) is 2.93. The number of hydrogen-bond donors (Lipinski definition) is 1. The van der Waals surface area contributed by atoms with Crippen molar-refractivity contribution in [3.8, 4) is 17.4 Å². The fraction of sp³-hybridized carbons (Fsp3) is 0.400. The third kappa shape index (κ3) is 3.65. The number of aromatic nitrogens is 3. The van der Waals surface area contributed by atoms with Gasteiger partial charge < -0.3 is 10.1 Å². The number of benzene rings is 1. The Morgan fingerprint density at radius 1 is 1.19 bits per heavy atom. The van der Waals surface area contributed by atoms with E-state index in [0.717, 1.165) is 13.0 Å². The van der Waals surface area contributed by atoms with Gasteiger partial charge in [0.05, 0.1) is 6.61 Å². The number of nitrogens with one attached hydrogen (secondary N) is 1. The molecule has 1 aromatic heterocycles. The molecule has 2 aromatic rings. The van der Waals surface area contributed by atoms with Crippen LogP contribution in [0.1, 0.15) is 25.8 Å². The molecule has 2 rings (SSSR count). The van der Waals surface area contributed by atoms with E-state index in [1.165, 1.54) is 6.07 Å². The minimum absolute atomic E-state index is 0.241. The molecule has 5 nitrogen and oxygen atoms in total. The number of hydrogen-bond acceptors (Lipinski definition) is 5. The Kier molecular flexibility index (Phi) is 5.03. The summed E-state index contributed by atoms with van der Waals surface area (Å²) in [4.78, 5) is 12.8. The van der Waals surface area contributed by atoms with Gasteiger partial charge in [-0.1, -0.05) is 19.1 Å². The first-order valence-electron chi connectivity index (χ1n) is 7.04. The Balaban J connectivity index is 2.45. The number of anilines is 1. The summed E-state index contributed by atoms with van der Waals surface area (Å²) in [6, 6.07) is 5.08. The molecule has 0 aliphatic heterocycles. The van der Waals surface area contributed by atoms with Crippen LogP contribution in [0.2, 0.25) is 0 Å². The van der Waals surface area contributed by atoms with Crippen molar-refractivity contribution in [2.45, 2.75) is 27.2 Å². The average molecular weight is 290 g/mol. The smallest absolute Gasteiger partial charge is 0.321 e. The molecule has 112 valence electrons. The van der Waals surface area contributed by atoms with Crippen LogP contribution in [0.15, 0.2) is 18.2 Å². The van der Waals surface area contributed by atoms with E-state index in [2.05, 4.69) is 27.2 Å². The molecule has 1 aromatic carbocycles. The van der Waals surface area contributed by atoms with E-state index in [4.69, 9.17) is 4.74 Å². The zero-order chi connectivity index (χ0) is 15.2. The molecular formula is C15H19FN4O. The maximum absolute atomic E-state index is 13.7. The minimum atomic E-state index is -0.283. The van der Waals surface area contributed by atoms with Crippen LogP contribution in [0.3, 0.4) is 0 Å². The molecule has 6 heteroatoms. The van der Waals surface area contributed by atoms with Crippen molar-refractivity contribution in [1.82, 2.24) is 15.0 Å². The predicted octanol–water partition coefficient (Wildman–Crippen LogP) is 3.21. The Hall–Kier alpha value is -2.24. The van der Waals surface area contributed by atoms with Crippen molar-refractivity contribution in [2.24, 2.45) is 0 Å². The Morgan fingerprint density at radius 2 is 2.00 bits per heavy atom. The molecule has 1 heterocycles. The normalized spacial score (nSPS) is 10.5. The topological polar surface area (TPSA) is 59.9 Å². The van der Waals surface area contributed by atoms with Gasteiger partial charge in [-0.15, -0.1) is 0 Å². The molecule has 0 unspecified atom stereocenters. The standard InChI is InChI=1S/C15H19FN4O/c1-4-9-17-14-18-13(19-15(20-14)21-5-2)11-7-6-8-12(16)10(11)3/h6-8H,4-5,9H2,1-3H3,(H,17,18,19,20). The van der Waals surface area contributed by atoms with Crippen molar-refractivity contribution in [2.75, 3.05) is 18.5 Å². The summed E-state index contributed by atoms with van der Waals surface area (Å²) < 4.78 is 19.1. The van der Waals surface area contributed by atoms with E-state index in [1.807, 2.05) is 6.92 Å². The summed E-state index contributed by atoms with van der Waals surface area (Å²) in [5.74, 6) is 0.562. The molecule has 0 aliphatic carbocycles. The molecule has 0 spiro atoms. The first kappa shape index (κ1) is 15.2. The molecule has 0 radical (unpaired) electrons. The van der Waals surface area contributed by atoms with Crippen LogP contribution in [0.25, 0.3) is 11.4 Å². The highest BCUT2D eigenvalue weighted by molar-refractivity contribution is 5.61. The molecule has 1 N–H and O–H groups in total. The van der Waals surface area contributed by atoms with Crippen molar-refractivity contribution in [3.05, 3.63) is 29.6 Å². The second-order valence-corrected chi connectivity index (χ2v) is 4.54. The first-order valence-corrected chi connectivity index (χ1v) is 7.04. The van der Waals surface area contributed by atoms with Crippen molar-refractivity contribution in [3.63, 3.8) is 0 Å². The number of rotatable bonds is 6. The number of halogens is 1. The maximum atomic E-state index is 13.7. The van der Waals surface area contributed by atoms with Gasteiger partial charge in [-0.05, 0) is 31.9 Å². The number of ether oxygens (including phenoxy) is 1. The van der Waals surface area contributed by atoms with E-state index in [1.54, 1.807) is 19.1 Å². The lowest BCUT2D eigenvalue weighted by atomic mass is 10.1. The van der Waals surface area contributed by atoms with Gasteiger partial charge in [-0.3, -0.25) is 0 Å². The first-order chi connectivity index (χ1) is 10.2. The van der Waals surface area contributed by atoms with Gasteiger partial charge in [-0.2, -0.15) is 15.0 Å². The molecule has 0 bridgehead atoms. The van der Waals surface area contributed by atoms with Gasteiger partial charge in [0.2, 0.25) is 5.95 Å². The Morgan fingerprint density at radius 3 is 2.71 bits per heavy atom. The fourth-order valence-electron chi connectivity index (χ4n) is 1.84. The maximum Gasteiger partial charge on any atom is 0.321 e. The van der Waals surface area contributed by atoms with Gasteiger partial charge in [0, 0.05) is 12.1 Å². The highest BCUT2D eigenvalue weighted by Crippen LogP contribution is 2.24. The van der Waals surface area contributed by atoms with Crippen molar-refractivity contribution in [1.29, 1.82) is 0 Å². The summed E-state index contributed by atoms with van der Waals surface area (Å²) in [6.45, 7) is 6.81. The monoisotopic (exact) mass is 290 g/mol. The van der Waals surface area contributed by atoms with Gasteiger partial charge in [0.25, 0.3) is 0 Å². The Bertz CT molecular complexity index is 619. The highest BCUT2D eigenvalue weighted by atomic mass is 19.1. The van der Waals surface area contributed by atoms with Crippen LogP contribution in [0, 0.1) is 12.7 Å². The molecule has 0 amide bonds. The van der Waals surface area contributed by atoms with Crippen molar-refractivity contribution >= 4 is 5.95 Å². The second-order valence-electron chi connectivity index (χ2n) is 4.54. The summed E-state index contributed by atoms with van der Waals surface area (Å²) in [7, 11) is 0. The predicted molar refractivity (Wildman–Crippen MR) is 79.9 cm³/mol. The molecule has 0 aliphatic rings. The quantitative estimate of drug-likeness (QED) is 0.885. The lowest BCUT2D eigenvalue weighted by molar-refractivity contribution is 0.312. The summed E-state index contributed by atoms with van der Waals surface area (Å²) >= 11 is 0. The summed E-state index contributed by atoms with van der Waals surface area (Å²) in [5, 5.41) is 3.10. The average Bonchev–Trinajstić information content (AvgIpc) is 2.48. The Labute approximate surface area is 123 Å². The van der Waals surface area contributed by atoms with E-state index in [-0.39, 0.29) is 11.8 Å². The lowest BCUT2D eigenvalue weighted by Crippen LogP contribution is -2.09. The molecular weight excluding hydrogens is 271 g/mol. The zero-order valence-corrected chi connectivity index (χ0v) is 12.5. The summed E-state index contributed by atoms with van der Waals surface area (Å²) in [6.07, 6.45) is 0.948. The fourth-order valence-corrected chi connectivity index (χ4v) is 1.84. The van der Waals surface area contributed by atoms with Crippen LogP contribution in [-0.2, 0) is 0 Å². The SMILES string of the molecule is CCCNc1nc(OCC)nc(-c2cccc(F)c2C)n1. The highest BCUT2D eigenvalue weighted by Gasteiger charge is 2.13. The molecule has 0 saturated carbocycles. The van der Waals surface area contributed by atoms with Gasteiger partial charge >= 0.3 is 6.01 Å². The summed E-state index contributed by atoms with van der Waals surface area (Å²) in [5.41, 5.74) is 1.14. The van der Waals surface area contributed by atoms with E-state index in [9.17, 15) is 4.39 Å². The third-order valence-electron chi connectivity index (χ3n) is 2.93. The van der Waals surface area contributed by atoms with Gasteiger partial charge in [0.15, 0.2) is 5.82 Å². The zero-order valence-electron chi connectivity index (χ0n) is 12.5. The van der Waals surface area contributed by atoms with Crippen LogP contribution in [0.5, 0.6) is 6.01 Å². The minimum Gasteiger partial charge on any atom is -0.464 e. The lowest BCUT2D eigenvalue weighted by Gasteiger charge is -2.10. The second kappa shape index (κ2) is 6.97. The molecule has 0 saturated heterocycles. The molecule has 0 fully saturated rings. The van der Waals surface area contributed by atoms with Crippen molar-refractivity contribution < 1.29 is 9.13 Å². The van der Waals surface area contributed by atoms with Crippen LogP contribution in [0.4, 0.5) is 10.3 Å². The van der Waals surface area contributed by atoms with Gasteiger partial charge in [0.1, 0.15) is 5.82 Å². The van der Waals surface area contributed by atoms with E-state index in [0.29, 0.717) is 29.5 Å². The largest absolute Gasteiger partial charge is 0.464 e. The van der Waals surface area contributed by atoms with Crippen LogP contribution in [-0.4, -0.2) is 28.1 Å². The van der Waals surface area contributed by atoms with E-state index >= 15 is 0 Å². The number of nitrogens with zero attached hydrogens (tertiary/aromatic N) is 3. The molecule has 21 heavy (non-hydrogen) atoms.